The predicted octanol–water partition coefficient (Wildman–Crippen LogP) is 2.96. The molecule has 4 nitrogen and oxygen atoms in total. The first kappa shape index (κ1) is 15.6. The zero-order valence-corrected chi connectivity index (χ0v) is 13.6. The molecule has 2 amide bonds. The lowest BCUT2D eigenvalue weighted by atomic mass is 10.0. The number of carbonyl (C=O) groups excluding carboxylic acids is 2. The van der Waals surface area contributed by atoms with Crippen LogP contribution in [0.25, 0.3) is 0 Å². The molecule has 0 aromatic heterocycles. The summed E-state index contributed by atoms with van der Waals surface area (Å²) in [5.74, 6) is -0.325. The lowest BCUT2D eigenvalue weighted by molar-refractivity contribution is -0.142. The topological polar surface area (TPSA) is 63.4 Å². The summed E-state index contributed by atoms with van der Waals surface area (Å²) in [6.07, 6.45) is 3.31. The molecule has 1 saturated heterocycles. The number of benzene rings is 1. The number of rotatable bonds is 3. The highest BCUT2D eigenvalue weighted by atomic mass is 35.5. The molecule has 1 heterocycles. The van der Waals surface area contributed by atoms with Crippen LogP contribution in [-0.2, 0) is 9.59 Å². The smallest absolute Gasteiger partial charge is 0.240 e. The van der Waals surface area contributed by atoms with E-state index in [0.29, 0.717) is 23.0 Å². The van der Waals surface area contributed by atoms with Crippen molar-refractivity contribution in [2.75, 3.05) is 6.54 Å². The molecule has 22 heavy (non-hydrogen) atoms. The van der Waals surface area contributed by atoms with Gasteiger partial charge in [-0.2, -0.15) is 0 Å². The molecule has 3 rings (SSSR count). The monoisotopic (exact) mass is 340 g/mol. The van der Waals surface area contributed by atoms with Crippen LogP contribution in [0.4, 0.5) is 0 Å². The van der Waals surface area contributed by atoms with Crippen LogP contribution in [0.1, 0.15) is 37.2 Å². The third-order valence-corrected chi connectivity index (χ3v) is 4.97. The van der Waals surface area contributed by atoms with Crippen molar-refractivity contribution in [3.05, 3.63) is 33.8 Å². The maximum atomic E-state index is 12.7. The van der Waals surface area contributed by atoms with E-state index in [9.17, 15) is 9.59 Å². The Morgan fingerprint density at radius 2 is 1.82 bits per heavy atom. The van der Waals surface area contributed by atoms with Crippen molar-refractivity contribution in [1.29, 1.82) is 0 Å². The highest BCUT2D eigenvalue weighted by Crippen LogP contribution is 2.50. The van der Waals surface area contributed by atoms with Gasteiger partial charge in [0.15, 0.2) is 0 Å². The zero-order chi connectivity index (χ0) is 15.9. The molecule has 0 bridgehead atoms. The molecule has 0 radical (unpaired) electrons. The summed E-state index contributed by atoms with van der Waals surface area (Å²) in [5, 5.41) is 1.15. The normalized spacial score (nSPS) is 27.5. The van der Waals surface area contributed by atoms with Crippen LogP contribution in [0.15, 0.2) is 18.2 Å². The third kappa shape index (κ3) is 3.08. The lowest BCUT2D eigenvalue weighted by Crippen LogP contribution is -2.51. The molecular formula is C16H18Cl2N2O2. The van der Waals surface area contributed by atoms with Gasteiger partial charge in [0, 0.05) is 22.5 Å². The highest BCUT2D eigenvalue weighted by Gasteiger charge is 2.48. The average molecular weight is 341 g/mol. The Balaban J connectivity index is 1.73. The van der Waals surface area contributed by atoms with Gasteiger partial charge in [-0.05, 0) is 55.4 Å². The van der Waals surface area contributed by atoms with Crippen LogP contribution < -0.4 is 5.73 Å². The Morgan fingerprint density at radius 3 is 2.45 bits per heavy atom. The predicted molar refractivity (Wildman–Crippen MR) is 85.9 cm³/mol. The molecule has 2 fully saturated rings. The minimum atomic E-state index is -0.453. The van der Waals surface area contributed by atoms with E-state index in [1.807, 2.05) is 12.1 Å². The second-order valence-electron chi connectivity index (χ2n) is 6.10. The van der Waals surface area contributed by atoms with E-state index in [4.69, 9.17) is 28.9 Å². The van der Waals surface area contributed by atoms with Crippen molar-refractivity contribution >= 4 is 35.0 Å². The standard InChI is InChI=1S/C16H18Cl2N2O2/c17-10-5-9(6-11(18)7-10)12-8-13(12)16(22)20-4-2-1-3-14(20)15(19)21/h5-7,12-14H,1-4,8H2,(H2,19,21)/t12-,13-,14-/m0/s1. The highest BCUT2D eigenvalue weighted by molar-refractivity contribution is 6.34. The van der Waals surface area contributed by atoms with Crippen molar-refractivity contribution in [1.82, 2.24) is 4.90 Å². The average Bonchev–Trinajstić information content (AvgIpc) is 3.26. The number of amides is 2. The van der Waals surface area contributed by atoms with E-state index in [0.717, 1.165) is 24.8 Å². The number of nitrogens with two attached hydrogens (primary N) is 1. The fourth-order valence-electron chi connectivity index (χ4n) is 3.33. The van der Waals surface area contributed by atoms with E-state index in [2.05, 4.69) is 0 Å². The van der Waals surface area contributed by atoms with Gasteiger partial charge in [0.25, 0.3) is 0 Å². The molecule has 1 saturated carbocycles. The first-order valence-corrected chi connectivity index (χ1v) is 8.29. The Kier molecular flexibility index (Phi) is 4.33. The Labute approximate surface area is 139 Å². The van der Waals surface area contributed by atoms with Gasteiger partial charge in [-0.25, -0.2) is 0 Å². The number of likely N-dealkylation sites (tertiary alicyclic amines) is 1. The maximum Gasteiger partial charge on any atom is 0.240 e. The number of primary amides is 1. The zero-order valence-electron chi connectivity index (χ0n) is 12.1. The number of halogens is 2. The van der Waals surface area contributed by atoms with Crippen LogP contribution >= 0.6 is 23.2 Å². The maximum absolute atomic E-state index is 12.7. The summed E-state index contributed by atoms with van der Waals surface area (Å²) in [6, 6.07) is 4.94. The number of hydrogen-bond donors (Lipinski definition) is 1. The molecule has 6 heteroatoms. The summed E-state index contributed by atoms with van der Waals surface area (Å²) in [6.45, 7) is 0.617. The number of piperidine rings is 1. The SMILES string of the molecule is NC(=O)[C@@H]1CCCCN1C(=O)[C@H]1C[C@H]1c1cc(Cl)cc(Cl)c1. The molecule has 1 aliphatic carbocycles. The number of hydrogen-bond acceptors (Lipinski definition) is 2. The Hall–Kier alpha value is -1.26. The molecule has 1 aromatic carbocycles. The molecule has 3 atom stereocenters. The Morgan fingerprint density at radius 1 is 1.14 bits per heavy atom. The first-order valence-electron chi connectivity index (χ1n) is 7.53. The summed E-state index contributed by atoms with van der Waals surface area (Å²) >= 11 is 12.0. The molecule has 1 aliphatic heterocycles. The van der Waals surface area contributed by atoms with Crippen molar-refractivity contribution in [3.8, 4) is 0 Å². The number of nitrogens with zero attached hydrogens (tertiary/aromatic N) is 1. The van der Waals surface area contributed by atoms with Gasteiger partial charge in [0.2, 0.25) is 11.8 Å². The number of carbonyl (C=O) groups is 2. The van der Waals surface area contributed by atoms with Gasteiger partial charge in [0.1, 0.15) is 6.04 Å². The van der Waals surface area contributed by atoms with Crippen LogP contribution in [0, 0.1) is 5.92 Å². The van der Waals surface area contributed by atoms with Crippen LogP contribution in [0.5, 0.6) is 0 Å². The summed E-state index contributed by atoms with van der Waals surface area (Å²) < 4.78 is 0. The van der Waals surface area contributed by atoms with Gasteiger partial charge in [-0.15, -0.1) is 0 Å². The summed E-state index contributed by atoms with van der Waals surface area (Å²) in [7, 11) is 0. The van der Waals surface area contributed by atoms with Crippen molar-refractivity contribution in [2.24, 2.45) is 11.7 Å². The van der Waals surface area contributed by atoms with E-state index in [-0.39, 0.29) is 17.7 Å². The quantitative estimate of drug-likeness (QED) is 0.919. The van der Waals surface area contributed by atoms with Crippen LogP contribution in [-0.4, -0.2) is 29.3 Å². The van der Waals surface area contributed by atoms with Gasteiger partial charge in [0.05, 0.1) is 0 Å². The molecular weight excluding hydrogens is 323 g/mol. The van der Waals surface area contributed by atoms with Crippen molar-refractivity contribution in [3.63, 3.8) is 0 Å². The van der Waals surface area contributed by atoms with E-state index in [1.165, 1.54) is 0 Å². The van der Waals surface area contributed by atoms with Gasteiger partial charge >= 0.3 is 0 Å². The van der Waals surface area contributed by atoms with E-state index >= 15 is 0 Å². The molecule has 118 valence electrons. The molecule has 2 N–H and O–H groups in total. The molecule has 0 spiro atoms. The van der Waals surface area contributed by atoms with Crippen LogP contribution in [0.2, 0.25) is 10.0 Å². The largest absolute Gasteiger partial charge is 0.368 e. The first-order chi connectivity index (χ1) is 10.5. The second kappa shape index (κ2) is 6.09. The molecule has 0 unspecified atom stereocenters. The van der Waals surface area contributed by atoms with Gasteiger partial charge < -0.3 is 10.6 Å². The van der Waals surface area contributed by atoms with E-state index in [1.54, 1.807) is 11.0 Å². The van der Waals surface area contributed by atoms with E-state index < -0.39 is 11.9 Å². The third-order valence-electron chi connectivity index (χ3n) is 4.53. The Bertz CT molecular complexity index is 600. The van der Waals surface area contributed by atoms with Crippen molar-refractivity contribution in [2.45, 2.75) is 37.6 Å². The summed E-state index contributed by atoms with van der Waals surface area (Å²) in [5.41, 5.74) is 6.42. The minimum Gasteiger partial charge on any atom is -0.368 e. The van der Waals surface area contributed by atoms with Gasteiger partial charge in [-0.3, -0.25) is 9.59 Å². The van der Waals surface area contributed by atoms with Gasteiger partial charge in [-0.1, -0.05) is 23.2 Å². The molecule has 1 aromatic rings. The molecule has 2 aliphatic rings. The minimum absolute atomic E-state index is 0.0320. The fraction of sp³-hybridized carbons (Fsp3) is 0.500. The lowest BCUT2D eigenvalue weighted by Gasteiger charge is -2.34. The summed E-state index contributed by atoms with van der Waals surface area (Å²) in [4.78, 5) is 25.9. The van der Waals surface area contributed by atoms with Crippen molar-refractivity contribution < 1.29 is 9.59 Å². The fourth-order valence-corrected chi connectivity index (χ4v) is 3.87. The second-order valence-corrected chi connectivity index (χ2v) is 6.97. The van der Waals surface area contributed by atoms with Crippen LogP contribution in [0.3, 0.4) is 0 Å².